The van der Waals surface area contributed by atoms with Gasteiger partial charge in [-0.15, -0.1) is 0 Å². The van der Waals surface area contributed by atoms with Gasteiger partial charge in [0.2, 0.25) is 5.28 Å². The van der Waals surface area contributed by atoms with Gasteiger partial charge >= 0.3 is 12.3 Å². The minimum atomic E-state index is -1.33. The number of carbonyl (C=O) groups excluding carboxylic acids is 2. The normalized spacial score (nSPS) is 11.5. The van der Waals surface area contributed by atoms with Crippen LogP contribution in [0.4, 0.5) is 15.4 Å². The Balaban J connectivity index is 1.40. The molecule has 0 radical (unpaired) electrons. The molecule has 1 atom stereocenters. The first-order valence-electron chi connectivity index (χ1n) is 11.1. The van der Waals surface area contributed by atoms with Crippen molar-refractivity contribution in [2.45, 2.75) is 12.8 Å². The molecule has 0 amide bonds. The van der Waals surface area contributed by atoms with E-state index >= 15 is 0 Å². The first-order chi connectivity index (χ1) is 18.0. The van der Waals surface area contributed by atoms with Gasteiger partial charge in [0.25, 0.3) is 6.41 Å². The summed E-state index contributed by atoms with van der Waals surface area (Å²) in [5, 5.41) is 2.83. The fourth-order valence-electron chi connectivity index (χ4n) is 3.09. The number of rotatable bonds is 10. The van der Waals surface area contributed by atoms with Gasteiger partial charge < -0.3 is 29.0 Å². The molecule has 0 aliphatic rings. The van der Waals surface area contributed by atoms with E-state index in [9.17, 15) is 9.59 Å². The lowest BCUT2D eigenvalue weighted by molar-refractivity contribution is -0.162. The molecule has 13 heteroatoms. The number of imidazole rings is 1. The minimum Gasteiger partial charge on any atom is -0.434 e. The van der Waals surface area contributed by atoms with Crippen LogP contribution in [0.15, 0.2) is 67.0 Å². The number of carbonyl (C=O) groups is 2. The van der Waals surface area contributed by atoms with Gasteiger partial charge in [-0.05, 0) is 35.9 Å². The van der Waals surface area contributed by atoms with Crippen molar-refractivity contribution in [1.29, 1.82) is 0 Å². The van der Waals surface area contributed by atoms with Gasteiger partial charge in [-0.2, -0.15) is 9.97 Å². The third-order valence-electron chi connectivity index (χ3n) is 4.71. The molecule has 2 aromatic heterocycles. The average molecular weight is 528 g/mol. The van der Waals surface area contributed by atoms with Gasteiger partial charge in [0.15, 0.2) is 17.0 Å². The van der Waals surface area contributed by atoms with E-state index in [4.69, 9.17) is 35.3 Å². The molecule has 1 unspecified atom stereocenters. The highest BCUT2D eigenvalue weighted by Crippen LogP contribution is 2.25. The molecule has 0 spiro atoms. The zero-order valence-corrected chi connectivity index (χ0v) is 20.3. The summed E-state index contributed by atoms with van der Waals surface area (Å²) in [6.45, 7) is 0.0225. The van der Waals surface area contributed by atoms with Crippen LogP contribution in [0.3, 0.4) is 0 Å². The number of ether oxygens (including phenoxy) is 5. The van der Waals surface area contributed by atoms with E-state index in [1.807, 2.05) is 0 Å². The third kappa shape index (κ3) is 7.06. The summed E-state index contributed by atoms with van der Waals surface area (Å²) in [6, 6.07) is 16.9. The van der Waals surface area contributed by atoms with E-state index < -0.39 is 18.7 Å². The summed E-state index contributed by atoms with van der Waals surface area (Å²) < 4.78 is 27.9. The van der Waals surface area contributed by atoms with Gasteiger partial charge in [0.1, 0.15) is 17.8 Å². The Hall–Kier alpha value is -4.42. The van der Waals surface area contributed by atoms with Gasteiger partial charge in [-0.1, -0.05) is 36.4 Å². The summed E-state index contributed by atoms with van der Waals surface area (Å²) >= 11 is 6.05. The first kappa shape index (κ1) is 25.7. The van der Waals surface area contributed by atoms with Crippen molar-refractivity contribution in [3.63, 3.8) is 0 Å². The van der Waals surface area contributed by atoms with Crippen molar-refractivity contribution in [2.75, 3.05) is 25.6 Å². The predicted octanol–water partition coefficient (Wildman–Crippen LogP) is 4.82. The lowest BCUT2D eigenvalue weighted by atomic mass is 10.3. The molecule has 4 aromatic rings. The fraction of sp³-hybridized carbons (Fsp3) is 0.208. The molecule has 2 heterocycles. The molecule has 1 N–H and O–H groups in total. The van der Waals surface area contributed by atoms with Gasteiger partial charge in [0, 0.05) is 13.5 Å². The highest BCUT2D eigenvalue weighted by Gasteiger charge is 2.23. The Bertz CT molecular complexity index is 1340. The van der Waals surface area contributed by atoms with Crippen molar-refractivity contribution < 1.29 is 33.3 Å². The maximum Gasteiger partial charge on any atom is 0.517 e. The Morgan fingerprint density at radius 2 is 1.59 bits per heavy atom. The van der Waals surface area contributed by atoms with Gasteiger partial charge in [-0.25, -0.2) is 14.6 Å². The Morgan fingerprint density at radius 3 is 2.24 bits per heavy atom. The lowest BCUT2D eigenvalue weighted by Crippen LogP contribution is -2.23. The van der Waals surface area contributed by atoms with Gasteiger partial charge in [-0.3, -0.25) is 4.57 Å². The van der Waals surface area contributed by atoms with E-state index in [1.54, 1.807) is 67.7 Å². The molecule has 0 fully saturated rings. The standard InChI is InChI=1S/C24H22ClN5O7/c1-26-19-18-20(29-21(25)28-19)30(15-27-18)22(37-24(32)36-17-11-6-3-7-12-17)33-13-8-14-34-23(31)35-16-9-4-2-5-10-16/h2-7,9-12,15,22H,8,13-14H2,1H3,(H,26,28,29). The zero-order valence-electron chi connectivity index (χ0n) is 19.6. The van der Waals surface area contributed by atoms with E-state index in [-0.39, 0.29) is 36.3 Å². The number of nitrogens with one attached hydrogen (secondary N) is 1. The quantitative estimate of drug-likeness (QED) is 0.0999. The summed E-state index contributed by atoms with van der Waals surface area (Å²) in [4.78, 5) is 36.8. The highest BCUT2D eigenvalue weighted by molar-refractivity contribution is 6.28. The molecule has 4 rings (SSSR count). The third-order valence-corrected chi connectivity index (χ3v) is 4.88. The SMILES string of the molecule is CNc1nc(Cl)nc2c1ncn2C(OCCCOC(=O)Oc1ccccc1)OC(=O)Oc1ccccc1. The molecule has 0 aliphatic carbocycles. The number of benzene rings is 2. The second-order valence-corrected chi connectivity index (χ2v) is 7.58. The number of fused-ring (bicyclic) bond motifs is 1. The van der Waals surface area contributed by atoms with Crippen molar-refractivity contribution in [2.24, 2.45) is 0 Å². The van der Waals surface area contributed by atoms with Crippen molar-refractivity contribution in [3.8, 4) is 11.5 Å². The molecule has 37 heavy (non-hydrogen) atoms. The summed E-state index contributed by atoms with van der Waals surface area (Å²) in [5.41, 5.74) is 0.636. The van der Waals surface area contributed by atoms with Crippen molar-refractivity contribution >= 4 is 40.9 Å². The van der Waals surface area contributed by atoms with Crippen molar-refractivity contribution in [3.05, 3.63) is 72.3 Å². The molecule has 0 bridgehead atoms. The summed E-state index contributed by atoms with van der Waals surface area (Å²) in [7, 11) is 1.65. The van der Waals surface area contributed by atoms with Crippen LogP contribution >= 0.6 is 11.6 Å². The van der Waals surface area contributed by atoms with Crippen LogP contribution in [0.1, 0.15) is 12.8 Å². The molecule has 2 aromatic carbocycles. The van der Waals surface area contributed by atoms with E-state index in [0.29, 0.717) is 17.1 Å². The number of halogens is 1. The number of anilines is 1. The number of hydrogen-bond acceptors (Lipinski definition) is 11. The second kappa shape index (κ2) is 12.5. The van der Waals surface area contributed by atoms with Gasteiger partial charge in [0.05, 0.1) is 13.2 Å². The first-order valence-corrected chi connectivity index (χ1v) is 11.4. The number of nitrogens with zero attached hydrogens (tertiary/aromatic N) is 4. The summed E-state index contributed by atoms with van der Waals surface area (Å²) in [5.74, 6) is 1.03. The number of para-hydroxylation sites is 2. The maximum atomic E-state index is 12.5. The molecule has 192 valence electrons. The van der Waals surface area contributed by atoms with Crippen LogP contribution in [-0.4, -0.2) is 52.1 Å². The molecule has 0 saturated heterocycles. The van der Waals surface area contributed by atoms with Crippen LogP contribution < -0.4 is 14.8 Å². The van der Waals surface area contributed by atoms with Crippen molar-refractivity contribution in [1.82, 2.24) is 19.5 Å². The topological polar surface area (TPSA) is 136 Å². The smallest absolute Gasteiger partial charge is 0.434 e. The van der Waals surface area contributed by atoms with Crippen LogP contribution in [0.25, 0.3) is 11.2 Å². The van der Waals surface area contributed by atoms with Crippen LogP contribution in [0.5, 0.6) is 11.5 Å². The molecule has 12 nitrogen and oxygen atoms in total. The monoisotopic (exact) mass is 527 g/mol. The lowest BCUT2D eigenvalue weighted by Gasteiger charge is -2.19. The van der Waals surface area contributed by atoms with E-state index in [2.05, 4.69) is 20.3 Å². The maximum absolute atomic E-state index is 12.5. The number of aromatic nitrogens is 4. The van der Waals surface area contributed by atoms with Crippen LogP contribution in [-0.2, 0) is 14.2 Å². The Morgan fingerprint density at radius 1 is 0.946 bits per heavy atom. The largest absolute Gasteiger partial charge is 0.517 e. The summed E-state index contributed by atoms with van der Waals surface area (Å²) in [6.07, 6.45) is -1.56. The fourth-order valence-corrected chi connectivity index (χ4v) is 3.26. The Labute approximate surface area is 216 Å². The van der Waals surface area contributed by atoms with Crippen LogP contribution in [0.2, 0.25) is 5.28 Å². The zero-order chi connectivity index (χ0) is 26.0. The minimum absolute atomic E-state index is 0.00454. The Kier molecular flexibility index (Phi) is 8.68. The van der Waals surface area contributed by atoms with Crippen LogP contribution in [0, 0.1) is 0 Å². The number of hydrogen-bond donors (Lipinski definition) is 1. The molecular formula is C24H22ClN5O7. The molecule has 0 saturated carbocycles. The second-order valence-electron chi connectivity index (χ2n) is 7.24. The predicted molar refractivity (Wildman–Crippen MR) is 131 cm³/mol. The molecular weight excluding hydrogens is 506 g/mol. The van der Waals surface area contributed by atoms with E-state index in [1.165, 1.54) is 10.9 Å². The highest BCUT2D eigenvalue weighted by atomic mass is 35.5. The average Bonchev–Trinajstić information content (AvgIpc) is 3.32. The molecule has 0 aliphatic heterocycles. The van der Waals surface area contributed by atoms with E-state index in [0.717, 1.165) is 0 Å².